The molecule has 8 N–H and O–H groups in total. The molecule has 7 aromatic rings. The summed E-state index contributed by atoms with van der Waals surface area (Å²) in [4.78, 5) is 0. The van der Waals surface area contributed by atoms with Gasteiger partial charge in [-0.15, -0.1) is 0 Å². The first kappa shape index (κ1) is 29.7. The van der Waals surface area contributed by atoms with Gasteiger partial charge in [-0.25, -0.2) is 0 Å². The molecule has 0 saturated carbocycles. The normalized spacial score (nSPS) is 18.6. The van der Waals surface area contributed by atoms with E-state index in [-0.39, 0.29) is 12.0 Å². The Labute approximate surface area is 295 Å². The lowest BCUT2D eigenvalue weighted by atomic mass is 9.64. The number of nitrogens with two attached hydrogens (primary N) is 4. The zero-order valence-electron chi connectivity index (χ0n) is 28.2. The van der Waals surface area contributed by atoms with Crippen LogP contribution in [0.25, 0.3) is 44.5 Å². The van der Waals surface area contributed by atoms with Crippen LogP contribution in [0, 0.1) is 5.92 Å². The monoisotopic (exact) mass is 666 g/mol. The van der Waals surface area contributed by atoms with Crippen molar-refractivity contribution >= 4 is 67.2 Å². The molecule has 2 aliphatic heterocycles. The van der Waals surface area contributed by atoms with Gasteiger partial charge < -0.3 is 32.4 Å². The van der Waals surface area contributed by atoms with E-state index in [0.29, 0.717) is 0 Å². The van der Waals surface area contributed by atoms with Crippen LogP contribution in [0.1, 0.15) is 36.0 Å². The smallest absolute Gasteiger partial charge is 0.132 e. The maximum atomic E-state index is 7.06. The van der Waals surface area contributed by atoms with E-state index in [4.69, 9.17) is 32.4 Å². The first-order valence-corrected chi connectivity index (χ1v) is 17.7. The minimum atomic E-state index is -0.395. The summed E-state index contributed by atoms with van der Waals surface area (Å²) < 4.78 is 13.9. The molecule has 6 nitrogen and oxygen atoms in total. The van der Waals surface area contributed by atoms with Gasteiger partial charge in [-0.1, -0.05) is 30.3 Å². The van der Waals surface area contributed by atoms with Crippen molar-refractivity contribution in [2.75, 3.05) is 22.9 Å². The lowest BCUT2D eigenvalue weighted by Crippen LogP contribution is -2.40. The molecule has 10 rings (SSSR count). The third kappa shape index (κ3) is 4.85. The highest BCUT2D eigenvalue weighted by atomic mass is 16.5. The van der Waals surface area contributed by atoms with E-state index in [2.05, 4.69) is 97.1 Å². The molecular formula is C45H38N4O2. The maximum Gasteiger partial charge on any atom is 0.132 e. The van der Waals surface area contributed by atoms with Gasteiger partial charge in [-0.2, -0.15) is 0 Å². The lowest BCUT2D eigenvalue weighted by Gasteiger charge is -2.43. The van der Waals surface area contributed by atoms with Crippen LogP contribution in [-0.2, 0) is 11.8 Å². The zero-order valence-corrected chi connectivity index (χ0v) is 28.2. The standard InChI is InChI=1S/C45H38N4O2/c46-35-5-1-25-21-41-29(13-31(25)15-35)9-11-45(12-10-30-14-32-16-36(47)6-2-26(32)22-42(30)50-41)39-19-33-17-37(48)7-3-27(33)23-43(39)51-44-24-28-4-8-38(49)18-34(28)20-40(44)45/h1-8,13-24,29,41H,9-12,46-49H2. The van der Waals surface area contributed by atoms with Crippen LogP contribution < -0.4 is 42.8 Å². The average Bonchev–Trinajstić information content (AvgIpc) is 3.11. The summed E-state index contributed by atoms with van der Waals surface area (Å²) in [5, 5.41) is 8.91. The molecule has 1 spiro atoms. The molecule has 250 valence electrons. The van der Waals surface area contributed by atoms with Gasteiger partial charge in [0.25, 0.3) is 0 Å². The highest BCUT2D eigenvalue weighted by Crippen LogP contribution is 2.56. The van der Waals surface area contributed by atoms with E-state index < -0.39 is 5.41 Å². The molecule has 1 aliphatic carbocycles. The number of anilines is 4. The fraction of sp³-hybridized carbons (Fsp3) is 0.156. The van der Waals surface area contributed by atoms with Gasteiger partial charge in [-0.3, -0.25) is 0 Å². The summed E-state index contributed by atoms with van der Waals surface area (Å²) in [7, 11) is 0. The molecule has 7 aromatic carbocycles. The van der Waals surface area contributed by atoms with Crippen LogP contribution in [-0.4, -0.2) is 6.10 Å². The Morgan fingerprint density at radius 2 is 1.04 bits per heavy atom. The van der Waals surface area contributed by atoms with Crippen molar-refractivity contribution < 1.29 is 9.47 Å². The van der Waals surface area contributed by atoms with E-state index in [9.17, 15) is 0 Å². The summed E-state index contributed by atoms with van der Waals surface area (Å²) in [5.74, 6) is 2.80. The van der Waals surface area contributed by atoms with Crippen molar-refractivity contribution in [2.24, 2.45) is 5.92 Å². The Hall–Kier alpha value is -6.14. The van der Waals surface area contributed by atoms with Crippen LogP contribution in [0.5, 0.6) is 17.2 Å². The number of hydrogen-bond acceptors (Lipinski definition) is 6. The van der Waals surface area contributed by atoms with E-state index in [1.807, 2.05) is 24.3 Å². The van der Waals surface area contributed by atoms with Gasteiger partial charge in [0.05, 0.1) is 0 Å². The Morgan fingerprint density at radius 3 is 1.67 bits per heavy atom. The van der Waals surface area contributed by atoms with Crippen molar-refractivity contribution in [1.29, 1.82) is 0 Å². The number of aryl methyl sites for hydroxylation is 1. The topological polar surface area (TPSA) is 123 Å². The summed E-state index contributed by atoms with van der Waals surface area (Å²) in [6, 6.07) is 37.9. The molecule has 2 atom stereocenters. The SMILES string of the molecule is Nc1ccc2c(c1)=CC1CCC3(CCc4cc5cc(N)ccc5cc4OC1C=2)c1cc2cc(N)ccc2cc1Oc1cc2ccc(N)cc2cc13. The second-order valence-corrected chi connectivity index (χ2v) is 14.7. The number of hydrogen-bond donors (Lipinski definition) is 4. The van der Waals surface area contributed by atoms with Crippen molar-refractivity contribution in [3.8, 4) is 17.2 Å². The van der Waals surface area contributed by atoms with Gasteiger partial charge in [-0.05, 0) is 165 Å². The second kappa shape index (κ2) is 10.9. The number of benzene rings is 7. The summed E-state index contributed by atoms with van der Waals surface area (Å²) >= 11 is 0. The highest BCUT2D eigenvalue weighted by Gasteiger charge is 2.44. The number of ether oxygens (including phenoxy) is 2. The lowest BCUT2D eigenvalue weighted by molar-refractivity contribution is 0.199. The molecule has 0 aromatic heterocycles. The third-order valence-corrected chi connectivity index (χ3v) is 11.5. The number of fused-ring (bicyclic) bond motifs is 10. The quantitative estimate of drug-likeness (QED) is 0.122. The summed E-state index contributed by atoms with van der Waals surface area (Å²) in [6.45, 7) is 0. The Morgan fingerprint density at radius 1 is 0.490 bits per heavy atom. The van der Waals surface area contributed by atoms with Crippen molar-refractivity contribution in [3.63, 3.8) is 0 Å². The van der Waals surface area contributed by atoms with Crippen LogP contribution in [0.15, 0.2) is 109 Å². The van der Waals surface area contributed by atoms with E-state index in [0.717, 1.165) is 114 Å². The molecule has 3 aliphatic rings. The number of nitrogen functional groups attached to an aromatic ring is 4. The maximum absolute atomic E-state index is 7.06. The average molecular weight is 667 g/mol. The van der Waals surface area contributed by atoms with Crippen molar-refractivity contribution in [2.45, 2.75) is 37.2 Å². The summed E-state index contributed by atoms with van der Waals surface area (Å²) in [6.07, 6.45) is 7.88. The van der Waals surface area contributed by atoms with Crippen LogP contribution in [0.2, 0.25) is 0 Å². The predicted molar refractivity (Wildman–Crippen MR) is 210 cm³/mol. The Kier molecular flexibility index (Phi) is 6.38. The molecule has 2 heterocycles. The van der Waals surface area contributed by atoms with Crippen LogP contribution in [0.3, 0.4) is 0 Å². The molecule has 0 radical (unpaired) electrons. The molecule has 2 unspecified atom stereocenters. The van der Waals surface area contributed by atoms with Gasteiger partial charge in [0.2, 0.25) is 0 Å². The molecule has 0 saturated heterocycles. The van der Waals surface area contributed by atoms with E-state index in [1.165, 1.54) is 11.1 Å². The highest BCUT2D eigenvalue weighted by molar-refractivity contribution is 5.92. The summed E-state index contributed by atoms with van der Waals surface area (Å²) in [5.41, 5.74) is 31.4. The van der Waals surface area contributed by atoms with Crippen LogP contribution >= 0.6 is 0 Å². The fourth-order valence-corrected chi connectivity index (χ4v) is 8.87. The molecular weight excluding hydrogens is 629 g/mol. The molecule has 0 amide bonds. The van der Waals surface area contributed by atoms with Crippen molar-refractivity contribution in [1.82, 2.24) is 0 Å². The first-order valence-electron chi connectivity index (χ1n) is 17.7. The van der Waals surface area contributed by atoms with Gasteiger partial charge in [0, 0.05) is 45.2 Å². The largest absolute Gasteiger partial charge is 0.485 e. The van der Waals surface area contributed by atoms with Crippen LogP contribution in [0.4, 0.5) is 22.7 Å². The minimum Gasteiger partial charge on any atom is -0.485 e. The first-order chi connectivity index (χ1) is 24.8. The third-order valence-electron chi connectivity index (χ3n) is 11.5. The van der Waals surface area contributed by atoms with Gasteiger partial charge in [0.1, 0.15) is 23.4 Å². The van der Waals surface area contributed by atoms with Crippen molar-refractivity contribution in [3.05, 3.63) is 136 Å². The molecule has 6 heteroatoms. The van der Waals surface area contributed by atoms with E-state index >= 15 is 0 Å². The predicted octanol–water partition coefficient (Wildman–Crippen LogP) is 7.93. The molecule has 0 fully saturated rings. The van der Waals surface area contributed by atoms with Gasteiger partial charge >= 0.3 is 0 Å². The molecule has 0 bridgehead atoms. The van der Waals surface area contributed by atoms with Gasteiger partial charge in [0.15, 0.2) is 0 Å². The Balaban J connectivity index is 1.24. The molecule has 51 heavy (non-hydrogen) atoms. The fourth-order valence-electron chi connectivity index (χ4n) is 8.87. The van der Waals surface area contributed by atoms with E-state index in [1.54, 1.807) is 0 Å². The Bertz CT molecular complexity index is 2640. The second-order valence-electron chi connectivity index (χ2n) is 14.7. The number of rotatable bonds is 0. The zero-order chi connectivity index (χ0) is 34.4. The minimum absolute atomic E-state index is 0.103.